The van der Waals surface area contributed by atoms with Crippen LogP contribution in [-0.2, 0) is 0 Å². The van der Waals surface area contributed by atoms with E-state index in [4.69, 9.17) is 0 Å². The quantitative estimate of drug-likeness (QED) is 0.620. The van der Waals surface area contributed by atoms with Crippen LogP contribution in [0, 0.1) is 6.92 Å². The van der Waals surface area contributed by atoms with Gasteiger partial charge in [0.15, 0.2) is 5.16 Å². The van der Waals surface area contributed by atoms with Crippen LogP contribution in [0.15, 0.2) is 46.3 Å². The van der Waals surface area contributed by atoms with Gasteiger partial charge in [0.05, 0.1) is 0 Å². The van der Waals surface area contributed by atoms with Gasteiger partial charge in [-0.2, -0.15) is 4.98 Å². The van der Waals surface area contributed by atoms with Crippen molar-refractivity contribution in [2.45, 2.75) is 12.1 Å². The lowest BCUT2D eigenvalue weighted by Crippen LogP contribution is -2.15. The maximum absolute atomic E-state index is 11.3. The maximum atomic E-state index is 11.3. The average molecular weight is 269 g/mol. The molecule has 0 unspecified atom stereocenters. The second kappa shape index (κ2) is 5.89. The molecular weight excluding hydrogens is 256 g/mol. The van der Waals surface area contributed by atoms with E-state index in [0.29, 0.717) is 0 Å². The van der Waals surface area contributed by atoms with E-state index in [9.17, 15) is 4.79 Å². The Balaban J connectivity index is 0.00000144. The first kappa shape index (κ1) is 13.8. The van der Waals surface area contributed by atoms with Crippen molar-refractivity contribution in [2.75, 3.05) is 6.26 Å². The summed E-state index contributed by atoms with van der Waals surface area (Å²) in [4.78, 5) is 15.3. The van der Waals surface area contributed by atoms with Crippen LogP contribution >= 0.6 is 24.2 Å². The van der Waals surface area contributed by atoms with Crippen LogP contribution in [0.25, 0.3) is 5.69 Å². The fourth-order valence-corrected chi connectivity index (χ4v) is 2.21. The molecule has 0 radical (unpaired) electrons. The zero-order chi connectivity index (χ0) is 11.5. The number of aryl methyl sites for hydroxylation is 1. The molecule has 17 heavy (non-hydrogen) atoms. The molecule has 5 heteroatoms. The topological polar surface area (TPSA) is 34.9 Å². The molecular formula is C12H13ClN2OS. The van der Waals surface area contributed by atoms with E-state index >= 15 is 0 Å². The van der Waals surface area contributed by atoms with Gasteiger partial charge in [-0.3, -0.25) is 9.36 Å². The normalized spacial score (nSPS) is 9.76. The number of halogens is 1. The Morgan fingerprint density at radius 2 is 1.88 bits per heavy atom. The fraction of sp³-hybridized carbons (Fsp3) is 0.167. The number of thioether (sulfide) groups is 1. The molecule has 0 atom stereocenters. The van der Waals surface area contributed by atoms with Crippen molar-refractivity contribution in [1.82, 2.24) is 9.55 Å². The average Bonchev–Trinajstić information content (AvgIpc) is 2.29. The predicted octanol–water partition coefficient (Wildman–Crippen LogP) is 2.68. The van der Waals surface area contributed by atoms with Gasteiger partial charge in [-0.05, 0) is 25.3 Å². The molecule has 0 aliphatic rings. The van der Waals surface area contributed by atoms with E-state index in [1.165, 1.54) is 11.8 Å². The van der Waals surface area contributed by atoms with Gasteiger partial charge < -0.3 is 0 Å². The van der Waals surface area contributed by atoms with Crippen molar-refractivity contribution in [1.29, 1.82) is 0 Å². The minimum absolute atomic E-state index is 0. The Hall–Kier alpha value is -1.26. The summed E-state index contributed by atoms with van der Waals surface area (Å²) < 4.78 is 1.98. The van der Waals surface area contributed by atoms with E-state index in [0.717, 1.165) is 16.5 Å². The third kappa shape index (κ3) is 2.90. The number of para-hydroxylation sites is 1. The van der Waals surface area contributed by atoms with E-state index in [1.54, 1.807) is 6.07 Å². The summed E-state index contributed by atoms with van der Waals surface area (Å²) in [5.41, 5.74) is 1.74. The van der Waals surface area contributed by atoms with Crippen LogP contribution in [0.5, 0.6) is 0 Å². The molecule has 1 heterocycles. The van der Waals surface area contributed by atoms with Crippen molar-refractivity contribution in [2.24, 2.45) is 0 Å². The van der Waals surface area contributed by atoms with Crippen LogP contribution in [0.1, 0.15) is 5.69 Å². The number of rotatable bonds is 2. The third-order valence-electron chi connectivity index (χ3n) is 2.28. The third-order valence-corrected chi connectivity index (χ3v) is 2.92. The fourth-order valence-electron chi connectivity index (χ4n) is 1.60. The molecule has 0 saturated carbocycles. The second-order valence-electron chi connectivity index (χ2n) is 3.39. The van der Waals surface area contributed by atoms with Gasteiger partial charge in [0.1, 0.15) is 0 Å². The summed E-state index contributed by atoms with van der Waals surface area (Å²) in [6.45, 7) is 1.91. The molecule has 90 valence electrons. The lowest BCUT2D eigenvalue weighted by molar-refractivity contribution is 0.782. The Morgan fingerprint density at radius 3 is 2.47 bits per heavy atom. The van der Waals surface area contributed by atoms with E-state index in [2.05, 4.69) is 4.98 Å². The van der Waals surface area contributed by atoms with Crippen molar-refractivity contribution in [3.63, 3.8) is 0 Å². The molecule has 1 aromatic carbocycles. The minimum atomic E-state index is -0.186. The molecule has 2 aromatic rings. The summed E-state index contributed by atoms with van der Waals surface area (Å²) in [6, 6.07) is 11.5. The Bertz CT molecular complexity index is 554. The van der Waals surface area contributed by atoms with Crippen molar-refractivity contribution >= 4 is 24.2 Å². The molecule has 2 rings (SSSR count). The standard InChI is InChI=1S/C12H12N2OS.ClH/c1-9-8-11(15)13-12(16-2)14(9)10-6-4-3-5-7-10;/h3-8H,1-2H3;1H. The molecule has 0 spiro atoms. The summed E-state index contributed by atoms with van der Waals surface area (Å²) in [6.07, 6.45) is 1.92. The van der Waals surface area contributed by atoms with Crippen molar-refractivity contribution in [3.8, 4) is 5.69 Å². The van der Waals surface area contributed by atoms with Gasteiger partial charge in [-0.1, -0.05) is 30.0 Å². The zero-order valence-electron chi connectivity index (χ0n) is 9.58. The minimum Gasteiger partial charge on any atom is -0.293 e. The van der Waals surface area contributed by atoms with Gasteiger partial charge in [-0.15, -0.1) is 12.4 Å². The Kier molecular flexibility index (Phi) is 4.78. The molecule has 0 aliphatic carbocycles. The molecule has 3 nitrogen and oxygen atoms in total. The summed E-state index contributed by atoms with van der Waals surface area (Å²) in [5.74, 6) is 0. The molecule has 1 aromatic heterocycles. The number of hydrogen-bond acceptors (Lipinski definition) is 3. The monoisotopic (exact) mass is 268 g/mol. The van der Waals surface area contributed by atoms with Gasteiger partial charge in [0, 0.05) is 17.4 Å². The highest BCUT2D eigenvalue weighted by Gasteiger charge is 2.06. The van der Waals surface area contributed by atoms with Gasteiger partial charge in [0.25, 0.3) is 5.56 Å². The van der Waals surface area contributed by atoms with Crippen molar-refractivity contribution < 1.29 is 0 Å². The van der Waals surface area contributed by atoms with Crippen LogP contribution in [-0.4, -0.2) is 15.8 Å². The van der Waals surface area contributed by atoms with Crippen LogP contribution in [0.2, 0.25) is 0 Å². The highest BCUT2D eigenvalue weighted by Crippen LogP contribution is 2.18. The van der Waals surface area contributed by atoms with E-state index in [1.807, 2.05) is 48.1 Å². The first-order chi connectivity index (χ1) is 7.72. The van der Waals surface area contributed by atoms with Gasteiger partial charge >= 0.3 is 0 Å². The number of benzene rings is 1. The smallest absolute Gasteiger partial charge is 0.273 e. The zero-order valence-corrected chi connectivity index (χ0v) is 11.2. The van der Waals surface area contributed by atoms with Gasteiger partial charge in [0.2, 0.25) is 0 Å². The molecule has 0 amide bonds. The summed E-state index contributed by atoms with van der Waals surface area (Å²) >= 11 is 1.47. The largest absolute Gasteiger partial charge is 0.293 e. The van der Waals surface area contributed by atoms with Crippen LogP contribution in [0.4, 0.5) is 0 Å². The lowest BCUT2D eigenvalue weighted by atomic mass is 10.3. The number of aromatic nitrogens is 2. The van der Waals surface area contributed by atoms with Gasteiger partial charge in [-0.25, -0.2) is 0 Å². The van der Waals surface area contributed by atoms with Crippen molar-refractivity contribution in [3.05, 3.63) is 52.4 Å². The van der Waals surface area contributed by atoms with E-state index < -0.39 is 0 Å². The lowest BCUT2D eigenvalue weighted by Gasteiger charge is -2.13. The predicted molar refractivity (Wildman–Crippen MR) is 73.6 cm³/mol. The highest BCUT2D eigenvalue weighted by atomic mass is 35.5. The SMILES string of the molecule is CSc1nc(=O)cc(C)n1-c1ccccc1.Cl. The molecule has 0 saturated heterocycles. The molecule has 0 N–H and O–H groups in total. The number of hydrogen-bond donors (Lipinski definition) is 0. The molecule has 0 bridgehead atoms. The van der Waals surface area contributed by atoms with Crippen LogP contribution < -0.4 is 5.56 Å². The summed E-state index contributed by atoms with van der Waals surface area (Å²) in [7, 11) is 0. The highest BCUT2D eigenvalue weighted by molar-refractivity contribution is 7.98. The Labute approximate surface area is 110 Å². The maximum Gasteiger partial charge on any atom is 0.273 e. The summed E-state index contributed by atoms with van der Waals surface area (Å²) in [5, 5.41) is 0.719. The first-order valence-electron chi connectivity index (χ1n) is 4.92. The second-order valence-corrected chi connectivity index (χ2v) is 4.17. The molecule has 0 fully saturated rings. The first-order valence-corrected chi connectivity index (χ1v) is 6.15. The number of nitrogens with zero attached hydrogens (tertiary/aromatic N) is 2. The van der Waals surface area contributed by atoms with E-state index in [-0.39, 0.29) is 18.0 Å². The molecule has 0 aliphatic heterocycles. The van der Waals surface area contributed by atoms with Crippen LogP contribution in [0.3, 0.4) is 0 Å². The Morgan fingerprint density at radius 1 is 1.24 bits per heavy atom.